The quantitative estimate of drug-likeness (QED) is 0.785. The largest absolute Gasteiger partial charge is 0.386 e. The number of β-amino-alcohol motifs (C(OH)–C–C–N with tert-alkyl or cyclic N) is 1. The summed E-state index contributed by atoms with van der Waals surface area (Å²) in [6, 6.07) is -0.562. The van der Waals surface area contributed by atoms with E-state index in [1.165, 1.54) is 4.31 Å². The third kappa shape index (κ3) is 2.84. The predicted octanol–water partition coefficient (Wildman–Crippen LogP) is 0.174. The van der Waals surface area contributed by atoms with Crippen molar-refractivity contribution in [2.75, 3.05) is 25.4 Å². The predicted molar refractivity (Wildman–Crippen MR) is 75.6 cm³/mol. The van der Waals surface area contributed by atoms with Gasteiger partial charge in [-0.15, -0.1) is 0 Å². The van der Waals surface area contributed by atoms with Crippen LogP contribution in [0.25, 0.3) is 0 Å². The maximum Gasteiger partial charge on any atom is 0.241 e. The molecule has 0 aliphatic carbocycles. The molecule has 0 aromatic heterocycles. The molecule has 6 nitrogen and oxygen atoms in total. The third-order valence-electron chi connectivity index (χ3n) is 4.25. The number of carbonyl (C=O) groups excluding carboxylic acids is 1. The average molecular weight is 304 g/mol. The fraction of sp³-hybridized carbons (Fsp3) is 0.923. The monoisotopic (exact) mass is 304 g/mol. The summed E-state index contributed by atoms with van der Waals surface area (Å²) in [6.45, 7) is 4.78. The van der Waals surface area contributed by atoms with Crippen LogP contribution >= 0.6 is 0 Å². The van der Waals surface area contributed by atoms with Crippen LogP contribution in [0.1, 0.15) is 39.5 Å². The number of amides is 1. The van der Waals surface area contributed by atoms with E-state index in [2.05, 4.69) is 0 Å². The molecule has 1 unspecified atom stereocenters. The van der Waals surface area contributed by atoms with Crippen LogP contribution in [0.4, 0.5) is 0 Å². The summed E-state index contributed by atoms with van der Waals surface area (Å²) in [6.07, 6.45) is 2.48. The molecular weight excluding hydrogens is 280 g/mol. The number of sulfonamides is 1. The Balaban J connectivity index is 2.03. The van der Waals surface area contributed by atoms with Gasteiger partial charge in [-0.1, -0.05) is 13.8 Å². The van der Waals surface area contributed by atoms with E-state index < -0.39 is 21.7 Å². The fourth-order valence-corrected chi connectivity index (χ4v) is 4.69. The van der Waals surface area contributed by atoms with Gasteiger partial charge in [-0.25, -0.2) is 8.42 Å². The number of hydrogen-bond donors (Lipinski definition) is 1. The van der Waals surface area contributed by atoms with Crippen molar-refractivity contribution in [3.05, 3.63) is 0 Å². The highest BCUT2D eigenvalue weighted by Crippen LogP contribution is 2.29. The van der Waals surface area contributed by atoms with Crippen LogP contribution in [-0.4, -0.2) is 65.7 Å². The van der Waals surface area contributed by atoms with Crippen LogP contribution in [0.2, 0.25) is 0 Å². The zero-order valence-corrected chi connectivity index (χ0v) is 13.0. The van der Waals surface area contributed by atoms with Crippen molar-refractivity contribution in [2.24, 2.45) is 0 Å². The first-order chi connectivity index (χ1) is 9.33. The van der Waals surface area contributed by atoms with Gasteiger partial charge < -0.3 is 10.0 Å². The Morgan fingerprint density at radius 3 is 2.55 bits per heavy atom. The van der Waals surface area contributed by atoms with Crippen LogP contribution in [0.5, 0.6) is 0 Å². The van der Waals surface area contributed by atoms with E-state index in [1.807, 2.05) is 13.8 Å². The molecule has 2 fully saturated rings. The molecule has 0 aromatic rings. The molecule has 0 spiro atoms. The van der Waals surface area contributed by atoms with Crippen molar-refractivity contribution in [2.45, 2.75) is 51.2 Å². The Labute approximate surface area is 120 Å². The molecule has 7 heteroatoms. The van der Waals surface area contributed by atoms with Crippen LogP contribution in [0.15, 0.2) is 0 Å². The first kappa shape index (κ1) is 15.7. The molecule has 1 N–H and O–H groups in total. The number of aliphatic hydroxyl groups is 1. The van der Waals surface area contributed by atoms with E-state index in [4.69, 9.17) is 0 Å². The summed E-state index contributed by atoms with van der Waals surface area (Å²) in [5, 5.41) is 9.97. The molecular formula is C13H24N2O4S. The second-order valence-electron chi connectivity index (χ2n) is 5.86. The van der Waals surface area contributed by atoms with Crippen LogP contribution < -0.4 is 0 Å². The Morgan fingerprint density at radius 2 is 2.00 bits per heavy atom. The number of rotatable bonds is 5. The molecule has 116 valence electrons. The van der Waals surface area contributed by atoms with Gasteiger partial charge in [0.05, 0.1) is 24.4 Å². The summed E-state index contributed by atoms with van der Waals surface area (Å²) >= 11 is 0. The van der Waals surface area contributed by atoms with E-state index in [1.54, 1.807) is 4.90 Å². The lowest BCUT2D eigenvalue weighted by molar-refractivity contribution is -0.159. The van der Waals surface area contributed by atoms with Crippen molar-refractivity contribution >= 4 is 15.9 Å². The Kier molecular flexibility index (Phi) is 4.41. The van der Waals surface area contributed by atoms with Crippen LogP contribution in [-0.2, 0) is 14.8 Å². The summed E-state index contributed by atoms with van der Waals surface area (Å²) in [4.78, 5) is 14.0. The zero-order chi connectivity index (χ0) is 15.0. The van der Waals surface area contributed by atoms with E-state index in [0.29, 0.717) is 38.9 Å². The van der Waals surface area contributed by atoms with Gasteiger partial charge in [0.15, 0.2) is 0 Å². The first-order valence-electron chi connectivity index (χ1n) is 7.33. The number of likely N-dealkylation sites (tertiary alicyclic amines) is 1. The maximum absolute atomic E-state index is 12.4. The van der Waals surface area contributed by atoms with Gasteiger partial charge in [0, 0.05) is 6.54 Å². The molecule has 0 radical (unpaired) electrons. The lowest BCUT2D eigenvalue weighted by Gasteiger charge is -2.47. The average Bonchev–Trinajstić information content (AvgIpc) is 2.84. The summed E-state index contributed by atoms with van der Waals surface area (Å²) in [5.74, 6) is -0.0596. The summed E-state index contributed by atoms with van der Waals surface area (Å²) < 4.78 is 25.7. The molecule has 2 saturated heterocycles. The molecule has 1 amide bonds. The Hall–Kier alpha value is -0.660. The van der Waals surface area contributed by atoms with Gasteiger partial charge in [0.1, 0.15) is 6.04 Å². The number of nitrogens with zero attached hydrogens (tertiary/aromatic N) is 2. The Morgan fingerprint density at radius 1 is 1.35 bits per heavy atom. The minimum atomic E-state index is -3.33. The topological polar surface area (TPSA) is 77.9 Å². The number of hydrogen-bond acceptors (Lipinski definition) is 4. The van der Waals surface area contributed by atoms with Gasteiger partial charge in [0.25, 0.3) is 0 Å². The van der Waals surface area contributed by atoms with Gasteiger partial charge in [-0.3, -0.25) is 4.79 Å². The standard InChI is InChI=1S/C13H24N2O4S/c1-3-8-20(18,19)15-7-5-6-11(15)12(16)14-9-13(17,4-2)10-14/h11,17H,3-10H2,1-2H3. The van der Waals surface area contributed by atoms with Crippen molar-refractivity contribution in [3.63, 3.8) is 0 Å². The smallest absolute Gasteiger partial charge is 0.241 e. The second kappa shape index (κ2) is 5.61. The van der Waals surface area contributed by atoms with Gasteiger partial charge >= 0.3 is 0 Å². The van der Waals surface area contributed by atoms with E-state index in [9.17, 15) is 18.3 Å². The Bertz CT molecular complexity index is 471. The maximum atomic E-state index is 12.4. The summed E-state index contributed by atoms with van der Waals surface area (Å²) in [5.41, 5.74) is -0.776. The van der Waals surface area contributed by atoms with Gasteiger partial charge in [-0.2, -0.15) is 4.31 Å². The molecule has 2 aliphatic heterocycles. The van der Waals surface area contributed by atoms with E-state index in [0.717, 1.165) is 6.42 Å². The third-order valence-corrected chi connectivity index (χ3v) is 6.32. The molecule has 2 aliphatic rings. The van der Waals surface area contributed by atoms with Crippen LogP contribution in [0, 0.1) is 0 Å². The molecule has 0 aromatic carbocycles. The van der Waals surface area contributed by atoms with Crippen molar-refractivity contribution in [1.29, 1.82) is 0 Å². The summed E-state index contributed by atoms with van der Waals surface area (Å²) in [7, 11) is -3.33. The minimum Gasteiger partial charge on any atom is -0.386 e. The van der Waals surface area contributed by atoms with Crippen molar-refractivity contribution in [1.82, 2.24) is 9.21 Å². The molecule has 2 heterocycles. The fourth-order valence-electron chi connectivity index (χ4n) is 2.95. The highest BCUT2D eigenvalue weighted by molar-refractivity contribution is 7.89. The molecule has 1 atom stereocenters. The SMILES string of the molecule is CCCS(=O)(=O)N1CCCC1C(=O)N1CC(O)(CC)C1. The van der Waals surface area contributed by atoms with Crippen molar-refractivity contribution in [3.8, 4) is 0 Å². The second-order valence-corrected chi connectivity index (χ2v) is 7.90. The van der Waals surface area contributed by atoms with E-state index in [-0.39, 0.29) is 11.7 Å². The lowest BCUT2D eigenvalue weighted by atomic mass is 9.90. The highest BCUT2D eigenvalue weighted by atomic mass is 32.2. The van der Waals surface area contributed by atoms with Crippen molar-refractivity contribution < 1.29 is 18.3 Å². The zero-order valence-electron chi connectivity index (χ0n) is 12.2. The van der Waals surface area contributed by atoms with Crippen LogP contribution in [0.3, 0.4) is 0 Å². The molecule has 0 saturated carbocycles. The van der Waals surface area contributed by atoms with Gasteiger partial charge in [0.2, 0.25) is 15.9 Å². The van der Waals surface area contributed by atoms with Gasteiger partial charge in [-0.05, 0) is 25.7 Å². The van der Waals surface area contributed by atoms with E-state index >= 15 is 0 Å². The lowest BCUT2D eigenvalue weighted by Crippen LogP contribution is -2.65. The highest BCUT2D eigenvalue weighted by Gasteiger charge is 2.47. The molecule has 2 rings (SSSR count). The first-order valence-corrected chi connectivity index (χ1v) is 8.94. The molecule has 20 heavy (non-hydrogen) atoms. The minimum absolute atomic E-state index is 0.0929. The molecule has 0 bridgehead atoms. The number of carbonyl (C=O) groups is 1. The normalized spacial score (nSPS) is 26.6.